The zero-order valence-electron chi connectivity index (χ0n) is 13.4. The van der Waals surface area contributed by atoms with Crippen molar-refractivity contribution in [1.29, 1.82) is 0 Å². The quantitative estimate of drug-likeness (QED) is 0.656. The highest BCUT2D eigenvalue weighted by Gasteiger charge is 2.14. The molecule has 0 unspecified atom stereocenters. The number of hydrogen-bond donors (Lipinski definition) is 2. The summed E-state index contributed by atoms with van der Waals surface area (Å²) >= 11 is 0. The number of H-pyrrole nitrogens is 1. The Kier molecular flexibility index (Phi) is 4.30. The number of para-hydroxylation sites is 1. The van der Waals surface area contributed by atoms with Crippen LogP contribution in [0.25, 0.3) is 22.2 Å². The van der Waals surface area contributed by atoms with Gasteiger partial charge in [0.15, 0.2) is 0 Å². The van der Waals surface area contributed by atoms with Gasteiger partial charge in [-0.25, -0.2) is 0 Å². The van der Waals surface area contributed by atoms with Gasteiger partial charge in [0.2, 0.25) is 0 Å². The van der Waals surface area contributed by atoms with Crippen molar-refractivity contribution in [2.45, 2.75) is 33.1 Å². The molecule has 1 aromatic heterocycles. The minimum atomic E-state index is 0.765. The van der Waals surface area contributed by atoms with E-state index in [2.05, 4.69) is 61.3 Å². The molecule has 2 nitrogen and oxygen atoms in total. The van der Waals surface area contributed by atoms with E-state index in [0.29, 0.717) is 0 Å². The molecule has 0 radical (unpaired) electrons. The fourth-order valence-electron chi connectivity index (χ4n) is 3.17. The number of nitrogens with one attached hydrogen (secondary N) is 1. The molecule has 0 bridgehead atoms. The van der Waals surface area contributed by atoms with Gasteiger partial charge in [0.25, 0.3) is 0 Å². The Morgan fingerprint density at radius 1 is 1.00 bits per heavy atom. The van der Waals surface area contributed by atoms with Crippen LogP contribution in [0.3, 0.4) is 0 Å². The van der Waals surface area contributed by atoms with Gasteiger partial charge in [0.05, 0.1) is 0 Å². The van der Waals surface area contributed by atoms with Crippen molar-refractivity contribution in [3.63, 3.8) is 0 Å². The van der Waals surface area contributed by atoms with E-state index >= 15 is 0 Å². The van der Waals surface area contributed by atoms with Crippen LogP contribution in [-0.2, 0) is 6.42 Å². The largest absolute Gasteiger partial charge is 0.354 e. The molecular weight excluding hydrogens is 268 g/mol. The van der Waals surface area contributed by atoms with E-state index in [4.69, 9.17) is 5.73 Å². The normalized spacial score (nSPS) is 11.2. The highest BCUT2D eigenvalue weighted by molar-refractivity contribution is 5.92. The summed E-state index contributed by atoms with van der Waals surface area (Å²) in [6.45, 7) is 5.08. The molecule has 2 aromatic carbocycles. The lowest BCUT2D eigenvalue weighted by Crippen LogP contribution is -1.99. The number of aromatic amines is 1. The van der Waals surface area contributed by atoms with Crippen LogP contribution in [0.15, 0.2) is 42.5 Å². The molecule has 3 N–H and O–H groups in total. The maximum Gasteiger partial charge on any atom is 0.0497 e. The van der Waals surface area contributed by atoms with E-state index in [9.17, 15) is 0 Å². The van der Waals surface area contributed by atoms with E-state index in [1.165, 1.54) is 38.9 Å². The van der Waals surface area contributed by atoms with Gasteiger partial charge in [-0.2, -0.15) is 0 Å². The average Bonchev–Trinajstić information content (AvgIpc) is 2.88. The zero-order chi connectivity index (χ0) is 15.5. The molecule has 0 aliphatic rings. The van der Waals surface area contributed by atoms with Gasteiger partial charge < -0.3 is 10.7 Å². The van der Waals surface area contributed by atoms with Gasteiger partial charge in [0, 0.05) is 16.6 Å². The number of fused-ring (bicyclic) bond motifs is 1. The minimum Gasteiger partial charge on any atom is -0.354 e. The van der Waals surface area contributed by atoms with E-state index in [1.807, 2.05) is 0 Å². The number of hydrogen-bond acceptors (Lipinski definition) is 1. The number of aryl methyl sites for hydroxylation is 3. The summed E-state index contributed by atoms with van der Waals surface area (Å²) in [4.78, 5) is 3.67. The first-order chi connectivity index (χ1) is 10.7. The van der Waals surface area contributed by atoms with Crippen molar-refractivity contribution in [1.82, 2.24) is 4.98 Å². The SMILES string of the molecule is Cc1cccc(-c2[nH]c3c(C)cccc3c2CCCCN)c1. The first-order valence-corrected chi connectivity index (χ1v) is 8.08. The van der Waals surface area contributed by atoms with Gasteiger partial charge in [0.1, 0.15) is 0 Å². The minimum absolute atomic E-state index is 0.765. The van der Waals surface area contributed by atoms with Crippen LogP contribution in [0.1, 0.15) is 29.5 Å². The predicted molar refractivity (Wildman–Crippen MR) is 95.2 cm³/mol. The standard InChI is InChI=1S/C20H24N2/c1-14-7-5-9-16(13-14)20-18(10-3-4-12-21)17-11-6-8-15(2)19(17)22-20/h5-9,11,13,22H,3-4,10,12,21H2,1-2H3. The number of benzene rings is 2. The molecule has 2 heteroatoms. The monoisotopic (exact) mass is 292 g/mol. The van der Waals surface area contributed by atoms with Crippen molar-refractivity contribution in [3.8, 4) is 11.3 Å². The van der Waals surface area contributed by atoms with Gasteiger partial charge in [-0.3, -0.25) is 0 Å². The molecule has 1 heterocycles. The summed E-state index contributed by atoms with van der Waals surface area (Å²) in [7, 11) is 0. The zero-order valence-corrected chi connectivity index (χ0v) is 13.4. The van der Waals surface area contributed by atoms with Crippen LogP contribution in [0.2, 0.25) is 0 Å². The number of rotatable bonds is 5. The smallest absolute Gasteiger partial charge is 0.0497 e. The summed E-state index contributed by atoms with van der Waals surface area (Å²) in [6, 6.07) is 15.3. The lowest BCUT2D eigenvalue weighted by Gasteiger charge is -2.06. The van der Waals surface area contributed by atoms with Gasteiger partial charge >= 0.3 is 0 Å². The Hall–Kier alpha value is -2.06. The summed E-state index contributed by atoms with van der Waals surface area (Å²) in [5, 5.41) is 1.36. The van der Waals surface area contributed by atoms with Crippen molar-refractivity contribution in [2.24, 2.45) is 5.73 Å². The number of nitrogens with two attached hydrogens (primary N) is 1. The molecule has 0 spiro atoms. The van der Waals surface area contributed by atoms with Gasteiger partial charge in [-0.05, 0) is 62.4 Å². The lowest BCUT2D eigenvalue weighted by molar-refractivity contribution is 0.748. The van der Waals surface area contributed by atoms with Crippen LogP contribution in [-0.4, -0.2) is 11.5 Å². The van der Waals surface area contributed by atoms with Crippen LogP contribution in [0.4, 0.5) is 0 Å². The molecule has 0 saturated carbocycles. The highest BCUT2D eigenvalue weighted by Crippen LogP contribution is 2.33. The number of unbranched alkanes of at least 4 members (excludes halogenated alkanes) is 1. The van der Waals surface area contributed by atoms with Crippen molar-refractivity contribution in [2.75, 3.05) is 6.54 Å². The fraction of sp³-hybridized carbons (Fsp3) is 0.300. The van der Waals surface area contributed by atoms with Crippen LogP contribution in [0.5, 0.6) is 0 Å². The summed E-state index contributed by atoms with van der Waals surface area (Å²) < 4.78 is 0. The third-order valence-electron chi connectivity index (χ3n) is 4.34. The Morgan fingerprint density at radius 3 is 2.59 bits per heavy atom. The maximum atomic E-state index is 5.67. The first-order valence-electron chi connectivity index (χ1n) is 8.08. The number of aromatic nitrogens is 1. The summed E-state index contributed by atoms with van der Waals surface area (Å²) in [6.07, 6.45) is 3.28. The second kappa shape index (κ2) is 6.37. The Labute approximate surface area is 132 Å². The molecule has 0 saturated heterocycles. The average molecular weight is 292 g/mol. The van der Waals surface area contributed by atoms with E-state index in [0.717, 1.165) is 25.8 Å². The molecule has 22 heavy (non-hydrogen) atoms. The lowest BCUT2D eigenvalue weighted by atomic mass is 9.99. The molecule has 0 aliphatic heterocycles. The van der Waals surface area contributed by atoms with Crippen molar-refractivity contribution < 1.29 is 0 Å². The second-order valence-electron chi connectivity index (χ2n) is 6.09. The molecule has 3 rings (SSSR count). The first kappa shape index (κ1) is 14.9. The Balaban J connectivity index is 2.15. The van der Waals surface area contributed by atoms with Gasteiger partial charge in [-0.1, -0.05) is 42.0 Å². The molecule has 0 atom stereocenters. The molecule has 3 aromatic rings. The molecule has 0 fully saturated rings. The Bertz CT molecular complexity index is 784. The van der Waals surface area contributed by atoms with Crippen molar-refractivity contribution in [3.05, 3.63) is 59.2 Å². The summed E-state index contributed by atoms with van der Waals surface area (Å²) in [5.74, 6) is 0. The molecular formula is C20H24N2. The van der Waals surface area contributed by atoms with Crippen LogP contribution >= 0.6 is 0 Å². The molecule has 114 valence electrons. The van der Waals surface area contributed by atoms with E-state index in [-0.39, 0.29) is 0 Å². The second-order valence-corrected chi connectivity index (χ2v) is 6.09. The van der Waals surface area contributed by atoms with Gasteiger partial charge in [-0.15, -0.1) is 0 Å². The third kappa shape index (κ3) is 2.79. The van der Waals surface area contributed by atoms with Crippen molar-refractivity contribution >= 4 is 10.9 Å². The Morgan fingerprint density at radius 2 is 1.82 bits per heavy atom. The fourth-order valence-corrected chi connectivity index (χ4v) is 3.17. The van der Waals surface area contributed by atoms with Crippen LogP contribution < -0.4 is 5.73 Å². The molecule has 0 aliphatic carbocycles. The summed E-state index contributed by atoms with van der Waals surface area (Å²) in [5.41, 5.74) is 13.5. The molecule has 0 amide bonds. The topological polar surface area (TPSA) is 41.8 Å². The van der Waals surface area contributed by atoms with Crippen LogP contribution in [0, 0.1) is 13.8 Å². The highest BCUT2D eigenvalue weighted by atomic mass is 14.7. The predicted octanol–water partition coefficient (Wildman–Crippen LogP) is 4.73. The van der Waals surface area contributed by atoms with E-state index in [1.54, 1.807) is 0 Å². The van der Waals surface area contributed by atoms with E-state index < -0.39 is 0 Å². The third-order valence-corrected chi connectivity index (χ3v) is 4.34. The maximum absolute atomic E-state index is 5.67.